The van der Waals surface area contributed by atoms with E-state index in [-0.39, 0.29) is 6.54 Å². The lowest BCUT2D eigenvalue weighted by molar-refractivity contribution is -0.122. The van der Waals surface area contributed by atoms with Crippen LogP contribution in [0.1, 0.15) is 26.5 Å². The third kappa shape index (κ3) is 5.74. The van der Waals surface area contributed by atoms with Gasteiger partial charge in [-0.1, -0.05) is 0 Å². The van der Waals surface area contributed by atoms with E-state index in [9.17, 15) is 22.4 Å². The Morgan fingerprint density at radius 2 is 1.92 bits per heavy atom. The molecule has 196 valence electrons. The van der Waals surface area contributed by atoms with Gasteiger partial charge in [-0.05, 0) is 68.3 Å². The number of carbonyl (C=O) groups excluding carboxylic acids is 2. The number of hydrogen-bond donors (Lipinski definition) is 2. The summed E-state index contributed by atoms with van der Waals surface area (Å²) in [7, 11) is -2.37. The molecule has 3 heterocycles. The number of H-pyrrole nitrogens is 1. The van der Waals surface area contributed by atoms with Gasteiger partial charge in [0.05, 0.1) is 19.9 Å². The fraction of sp³-hybridized carbons (Fsp3) is 0.320. The predicted octanol–water partition coefficient (Wildman–Crippen LogP) is 3.46. The summed E-state index contributed by atoms with van der Waals surface area (Å²) in [5.41, 5.74) is 1.96. The van der Waals surface area contributed by atoms with Crippen LogP contribution in [0.5, 0.6) is 5.75 Å². The van der Waals surface area contributed by atoms with Crippen LogP contribution in [-0.2, 0) is 19.6 Å². The summed E-state index contributed by atoms with van der Waals surface area (Å²) in [6.45, 7) is 5.04. The van der Waals surface area contributed by atoms with Crippen LogP contribution >= 0.6 is 0 Å². The lowest BCUT2D eigenvalue weighted by atomic mass is 10.0. The van der Waals surface area contributed by atoms with Crippen molar-refractivity contribution in [1.82, 2.24) is 19.6 Å². The van der Waals surface area contributed by atoms with E-state index in [1.807, 2.05) is 4.72 Å². The Bertz CT molecular complexity index is 1520. The first kappa shape index (κ1) is 26.1. The number of rotatable bonds is 5. The smallest absolute Gasteiger partial charge is 0.411 e. The molecule has 1 atom stereocenters. The molecule has 3 aromatic rings. The Kier molecular flexibility index (Phi) is 6.72. The van der Waals surface area contributed by atoms with Gasteiger partial charge in [0.1, 0.15) is 28.9 Å². The molecule has 2 N–H and O–H groups in total. The van der Waals surface area contributed by atoms with E-state index in [1.54, 1.807) is 39.1 Å². The van der Waals surface area contributed by atoms with Crippen molar-refractivity contribution in [2.75, 3.05) is 19.9 Å². The van der Waals surface area contributed by atoms with Gasteiger partial charge in [-0.2, -0.15) is 0 Å². The van der Waals surface area contributed by atoms with E-state index in [4.69, 9.17) is 9.47 Å². The molecule has 12 heteroatoms. The van der Waals surface area contributed by atoms with Crippen LogP contribution in [0.2, 0.25) is 0 Å². The standard InChI is InChI=1S/C25H27FN4O6S/c1-25(2,3)36-24(32)30-13-14(10-20(30)23(31)29-37(5,33)34)19-12-18-16(8-9-27-22(18)28-19)17-11-15(26)6-7-21(17)35-4/h6-12,20H,13H2,1-5H3,(H,27,28)(H,29,31). The number of methoxy groups -OCH3 is 1. The van der Waals surface area contributed by atoms with E-state index < -0.39 is 39.5 Å². The second kappa shape index (κ2) is 9.51. The highest BCUT2D eigenvalue weighted by Gasteiger charge is 2.38. The number of sulfonamides is 1. The molecule has 0 fully saturated rings. The van der Waals surface area contributed by atoms with Crippen molar-refractivity contribution in [3.8, 4) is 16.9 Å². The Hall–Kier alpha value is -3.93. The van der Waals surface area contributed by atoms with E-state index in [0.717, 1.165) is 11.2 Å². The van der Waals surface area contributed by atoms with Crippen LogP contribution in [0.25, 0.3) is 27.7 Å². The molecule has 0 saturated carbocycles. The molecule has 0 radical (unpaired) electrons. The van der Waals surface area contributed by atoms with Crippen molar-refractivity contribution >= 4 is 38.6 Å². The Morgan fingerprint density at radius 3 is 2.57 bits per heavy atom. The van der Waals surface area contributed by atoms with Gasteiger partial charge in [0.15, 0.2) is 0 Å². The van der Waals surface area contributed by atoms with E-state index in [0.29, 0.717) is 39.2 Å². The zero-order chi connectivity index (χ0) is 27.1. The number of ether oxygens (including phenoxy) is 2. The maximum absolute atomic E-state index is 14.1. The second-order valence-corrected chi connectivity index (χ2v) is 11.4. The van der Waals surface area contributed by atoms with Crippen molar-refractivity contribution in [3.63, 3.8) is 0 Å². The minimum absolute atomic E-state index is 0.0256. The lowest BCUT2D eigenvalue weighted by Gasteiger charge is -2.27. The maximum atomic E-state index is 14.1. The van der Waals surface area contributed by atoms with Crippen LogP contribution in [0.15, 0.2) is 42.6 Å². The number of fused-ring (bicyclic) bond motifs is 1. The zero-order valence-corrected chi connectivity index (χ0v) is 21.8. The Labute approximate surface area is 213 Å². The molecule has 2 amide bonds. The number of pyridine rings is 1. The lowest BCUT2D eigenvalue weighted by Crippen LogP contribution is -2.48. The van der Waals surface area contributed by atoms with Crippen LogP contribution in [-0.4, -0.2) is 66.8 Å². The highest BCUT2D eigenvalue weighted by Crippen LogP contribution is 2.37. The topological polar surface area (TPSA) is 131 Å². The number of nitrogens with zero attached hydrogens (tertiary/aromatic N) is 2. The first-order chi connectivity index (χ1) is 17.3. The Morgan fingerprint density at radius 1 is 1.19 bits per heavy atom. The summed E-state index contributed by atoms with van der Waals surface area (Å²) >= 11 is 0. The van der Waals surface area contributed by atoms with Crippen molar-refractivity contribution in [2.24, 2.45) is 0 Å². The van der Waals surface area contributed by atoms with Crippen molar-refractivity contribution in [1.29, 1.82) is 0 Å². The van der Waals surface area contributed by atoms with Gasteiger partial charge in [0.25, 0.3) is 5.91 Å². The van der Waals surface area contributed by atoms with Gasteiger partial charge in [-0.15, -0.1) is 0 Å². The number of hydrogen-bond acceptors (Lipinski definition) is 7. The SMILES string of the molecule is COc1ccc(F)cc1-c1ccnc2[nH]c(C3=CC(C(=O)NS(C)(=O)=O)N(C(=O)OC(C)(C)C)C3)cc12. The number of amides is 2. The van der Waals surface area contributed by atoms with Crippen LogP contribution in [0, 0.1) is 5.82 Å². The number of halogens is 1. The average molecular weight is 531 g/mol. The Balaban J connectivity index is 1.76. The summed E-state index contributed by atoms with van der Waals surface area (Å²) in [5, 5.41) is 0.662. The molecule has 4 rings (SSSR count). The fourth-order valence-corrected chi connectivity index (χ4v) is 4.56. The van der Waals surface area contributed by atoms with Gasteiger partial charge < -0.3 is 14.5 Å². The van der Waals surface area contributed by atoms with Crippen molar-refractivity contribution in [2.45, 2.75) is 32.4 Å². The second-order valence-electron chi connectivity index (χ2n) is 9.63. The van der Waals surface area contributed by atoms with Gasteiger partial charge in [0, 0.05) is 22.8 Å². The molecular formula is C25H27FN4O6S. The molecule has 1 aliphatic heterocycles. The van der Waals surface area contributed by atoms with Gasteiger partial charge in [-0.25, -0.2) is 22.6 Å². The minimum atomic E-state index is -3.86. The van der Waals surface area contributed by atoms with Crippen molar-refractivity contribution in [3.05, 3.63) is 54.1 Å². The van der Waals surface area contributed by atoms with Crippen molar-refractivity contribution < 1.29 is 31.9 Å². The molecule has 1 aliphatic rings. The number of carbonyl (C=O) groups is 2. The van der Waals surface area contributed by atoms with Crippen LogP contribution in [0.3, 0.4) is 0 Å². The first-order valence-electron chi connectivity index (χ1n) is 11.3. The molecule has 0 spiro atoms. The average Bonchev–Trinajstić information content (AvgIpc) is 3.41. The number of benzene rings is 1. The summed E-state index contributed by atoms with van der Waals surface area (Å²) in [5.74, 6) is -0.837. The number of aromatic nitrogens is 2. The highest BCUT2D eigenvalue weighted by molar-refractivity contribution is 7.89. The highest BCUT2D eigenvalue weighted by atomic mass is 32.2. The van der Waals surface area contributed by atoms with E-state index in [2.05, 4.69) is 9.97 Å². The minimum Gasteiger partial charge on any atom is -0.496 e. The van der Waals surface area contributed by atoms with Crippen LogP contribution < -0.4 is 9.46 Å². The maximum Gasteiger partial charge on any atom is 0.411 e. The third-order valence-electron chi connectivity index (χ3n) is 5.55. The van der Waals surface area contributed by atoms with E-state index in [1.165, 1.54) is 31.4 Å². The summed E-state index contributed by atoms with van der Waals surface area (Å²) in [6, 6.07) is 6.49. The summed E-state index contributed by atoms with van der Waals surface area (Å²) < 4.78 is 50.2. The monoisotopic (exact) mass is 530 g/mol. The van der Waals surface area contributed by atoms with Gasteiger partial charge in [0.2, 0.25) is 10.0 Å². The molecule has 2 aromatic heterocycles. The molecule has 1 unspecified atom stereocenters. The fourth-order valence-electron chi connectivity index (χ4n) is 4.07. The number of aromatic amines is 1. The first-order valence-corrected chi connectivity index (χ1v) is 13.2. The molecule has 1 aromatic carbocycles. The zero-order valence-electron chi connectivity index (χ0n) is 21.0. The summed E-state index contributed by atoms with van der Waals surface area (Å²) in [6.07, 6.45) is 3.15. The molecule has 37 heavy (non-hydrogen) atoms. The molecule has 0 bridgehead atoms. The number of nitrogens with one attached hydrogen (secondary N) is 2. The predicted molar refractivity (Wildman–Crippen MR) is 136 cm³/mol. The van der Waals surface area contributed by atoms with E-state index >= 15 is 0 Å². The molecule has 0 aliphatic carbocycles. The third-order valence-corrected chi connectivity index (χ3v) is 6.12. The van der Waals surface area contributed by atoms with Crippen LogP contribution in [0.4, 0.5) is 9.18 Å². The summed E-state index contributed by atoms with van der Waals surface area (Å²) in [4.78, 5) is 34.4. The van der Waals surface area contributed by atoms with Gasteiger partial charge >= 0.3 is 6.09 Å². The molecule has 10 nitrogen and oxygen atoms in total. The quantitative estimate of drug-likeness (QED) is 0.517. The largest absolute Gasteiger partial charge is 0.496 e. The molecular weight excluding hydrogens is 503 g/mol. The normalized spacial score (nSPS) is 16.0. The van der Waals surface area contributed by atoms with Gasteiger partial charge in [-0.3, -0.25) is 14.4 Å². The molecule has 0 saturated heterocycles.